The Morgan fingerprint density at radius 3 is 1.18 bits per heavy atom. The summed E-state index contributed by atoms with van der Waals surface area (Å²) in [5.41, 5.74) is 11.2. The molecule has 0 aromatic heterocycles. The zero-order valence-corrected chi connectivity index (χ0v) is 56.3. The standard InChI is InChI=1S/C41H51N3O3.C39H47N3O3/c1-7-39(45)47-29-13-9-8-12-28-46-34-22-18-32(19-23-34)30-42-37-24-25-38(36-15-11-10-14-35(36)37)44-43-33-20-16-31(17-21-33)26-27-41(5,6)40(2,3)4;1-7-37(43)45-27-13-9-8-12-26-44-32-22-16-29(17-23-32)28-40-35-24-25-36(34-15-11-10-14-33(34)35)42-41-31-20-18-30(19-21-31)39(5,6)38(2,3)4/h7,10-11,14-25,42H,1,8-9,12-13,26-30H2,2-6H3;7,10-11,14-25,40H,1,8-9,12-13,26-28H2,2-6H3. The highest BCUT2D eigenvalue weighted by atomic mass is 16.5. The van der Waals surface area contributed by atoms with Crippen molar-refractivity contribution in [2.75, 3.05) is 37.1 Å². The molecular formula is C80H98N6O6. The Bertz CT molecular complexity index is 3690. The van der Waals surface area contributed by atoms with Crippen LogP contribution in [0.2, 0.25) is 0 Å². The minimum absolute atomic E-state index is 0.0464. The van der Waals surface area contributed by atoms with E-state index in [1.807, 2.05) is 54.6 Å². The number of benzene rings is 8. The van der Waals surface area contributed by atoms with Gasteiger partial charge in [0.05, 0.1) is 49.2 Å². The van der Waals surface area contributed by atoms with Gasteiger partial charge in [0.25, 0.3) is 0 Å². The molecule has 484 valence electrons. The molecule has 92 heavy (non-hydrogen) atoms. The lowest BCUT2D eigenvalue weighted by molar-refractivity contribution is -0.138. The van der Waals surface area contributed by atoms with E-state index < -0.39 is 0 Å². The molecule has 8 aromatic carbocycles. The van der Waals surface area contributed by atoms with Crippen molar-refractivity contribution in [3.63, 3.8) is 0 Å². The average molecular weight is 1240 g/mol. The molecule has 2 N–H and O–H groups in total. The summed E-state index contributed by atoms with van der Waals surface area (Å²) in [6.07, 6.45) is 12.3. The van der Waals surface area contributed by atoms with E-state index in [9.17, 15) is 9.59 Å². The molecule has 0 radical (unpaired) electrons. The molecule has 0 bridgehead atoms. The molecule has 8 rings (SSSR count). The topological polar surface area (TPSA) is 145 Å². The maximum atomic E-state index is 11.1. The van der Waals surface area contributed by atoms with Crippen LogP contribution in [-0.4, -0.2) is 38.4 Å². The van der Waals surface area contributed by atoms with Crippen molar-refractivity contribution in [2.24, 2.45) is 36.7 Å². The van der Waals surface area contributed by atoms with Crippen molar-refractivity contribution >= 4 is 67.6 Å². The van der Waals surface area contributed by atoms with Crippen molar-refractivity contribution in [2.45, 2.75) is 152 Å². The number of hydrogen-bond donors (Lipinski definition) is 2. The number of esters is 2. The molecule has 0 aliphatic heterocycles. The number of unbranched alkanes of at least 4 members (excludes halogenated alkanes) is 6. The zero-order valence-electron chi connectivity index (χ0n) is 56.3. The van der Waals surface area contributed by atoms with E-state index in [2.05, 4.69) is 229 Å². The van der Waals surface area contributed by atoms with Crippen molar-refractivity contribution in [3.05, 3.63) is 217 Å². The summed E-state index contributed by atoms with van der Waals surface area (Å²) in [5.74, 6) is 1.01. The van der Waals surface area contributed by atoms with Gasteiger partial charge in [-0.3, -0.25) is 0 Å². The van der Waals surface area contributed by atoms with E-state index in [0.29, 0.717) is 39.5 Å². The predicted octanol–water partition coefficient (Wildman–Crippen LogP) is 22.4. The Kier molecular flexibility index (Phi) is 26.5. The van der Waals surface area contributed by atoms with Gasteiger partial charge < -0.3 is 29.6 Å². The first-order valence-electron chi connectivity index (χ1n) is 32.7. The largest absolute Gasteiger partial charge is 0.494 e. The zero-order chi connectivity index (χ0) is 66.0. The van der Waals surface area contributed by atoms with Gasteiger partial charge in [-0.2, -0.15) is 10.2 Å². The van der Waals surface area contributed by atoms with E-state index in [4.69, 9.17) is 18.9 Å². The van der Waals surface area contributed by atoms with Gasteiger partial charge >= 0.3 is 11.9 Å². The highest BCUT2D eigenvalue weighted by Crippen LogP contribution is 2.43. The average Bonchev–Trinajstić information content (AvgIpc) is 0.911. The number of anilines is 2. The Morgan fingerprint density at radius 2 is 0.793 bits per heavy atom. The van der Waals surface area contributed by atoms with E-state index in [1.165, 1.54) is 34.4 Å². The fourth-order valence-corrected chi connectivity index (χ4v) is 9.97. The fraction of sp³-hybridized carbons (Fsp3) is 0.375. The minimum Gasteiger partial charge on any atom is -0.494 e. The van der Waals surface area contributed by atoms with Gasteiger partial charge in [0.2, 0.25) is 0 Å². The van der Waals surface area contributed by atoms with Crippen LogP contribution in [0.15, 0.2) is 216 Å². The monoisotopic (exact) mass is 1240 g/mol. The van der Waals surface area contributed by atoms with Crippen LogP contribution >= 0.6 is 0 Å². The van der Waals surface area contributed by atoms with Crippen LogP contribution in [0.3, 0.4) is 0 Å². The molecule has 0 saturated carbocycles. The quantitative estimate of drug-likeness (QED) is 0.0184. The van der Waals surface area contributed by atoms with Crippen LogP contribution in [0.4, 0.5) is 34.1 Å². The van der Waals surface area contributed by atoms with Crippen LogP contribution in [0.5, 0.6) is 11.5 Å². The third-order valence-electron chi connectivity index (χ3n) is 18.1. The van der Waals surface area contributed by atoms with Crippen LogP contribution in [0, 0.1) is 16.2 Å². The number of aryl methyl sites for hydroxylation is 1. The van der Waals surface area contributed by atoms with Crippen molar-refractivity contribution < 1.29 is 28.5 Å². The lowest BCUT2D eigenvalue weighted by Crippen LogP contribution is -2.33. The summed E-state index contributed by atoms with van der Waals surface area (Å²) in [7, 11) is 0. The van der Waals surface area contributed by atoms with Gasteiger partial charge in [-0.05, 0) is 181 Å². The number of azo groups is 2. The molecule has 0 fully saturated rings. The lowest BCUT2D eigenvalue weighted by atomic mass is 9.65. The smallest absolute Gasteiger partial charge is 0.330 e. The minimum atomic E-state index is -0.362. The molecule has 0 spiro atoms. The summed E-state index contributed by atoms with van der Waals surface area (Å²) in [6, 6.07) is 58.2. The molecule has 0 heterocycles. The molecule has 0 atom stereocenters. The van der Waals surface area contributed by atoms with Crippen LogP contribution in [0.25, 0.3) is 21.5 Å². The number of nitrogens with zero attached hydrogens (tertiary/aromatic N) is 4. The molecular weight excluding hydrogens is 1140 g/mol. The Morgan fingerprint density at radius 1 is 0.413 bits per heavy atom. The lowest BCUT2D eigenvalue weighted by Gasteiger charge is -2.39. The third kappa shape index (κ3) is 21.6. The molecule has 0 aliphatic carbocycles. The van der Waals surface area contributed by atoms with Gasteiger partial charge in [-0.15, -0.1) is 10.2 Å². The van der Waals surface area contributed by atoms with E-state index in [1.54, 1.807) is 0 Å². The normalized spacial score (nSPS) is 11.9. The summed E-state index contributed by atoms with van der Waals surface area (Å²) in [6.45, 7) is 33.5. The SMILES string of the molecule is C=CC(=O)OCCCCCCOc1ccc(CNc2ccc(N=Nc3ccc(C(C)(C)C(C)(C)C)cc3)c3ccccc23)cc1.C=CC(=O)OCCCCCCOc1ccc(CNc2ccc(N=Nc3ccc(CCC(C)(C)C(C)(C)C)cc3)c3ccccc23)cc1. The number of nitrogens with one attached hydrogen (secondary N) is 2. The Balaban J connectivity index is 0.000000261. The number of ether oxygens (including phenoxy) is 4. The van der Waals surface area contributed by atoms with Gasteiger partial charge in [0, 0.05) is 58.2 Å². The van der Waals surface area contributed by atoms with Crippen molar-refractivity contribution in [1.29, 1.82) is 0 Å². The Hall–Kier alpha value is -8.90. The maximum absolute atomic E-state index is 11.1. The molecule has 8 aromatic rings. The Labute approximate surface area is 548 Å². The molecule has 0 amide bonds. The summed E-state index contributed by atoms with van der Waals surface area (Å²) in [5, 5.41) is 29.9. The van der Waals surface area contributed by atoms with Gasteiger partial charge in [0.1, 0.15) is 11.5 Å². The number of hydrogen-bond acceptors (Lipinski definition) is 12. The molecule has 0 unspecified atom stereocenters. The fourth-order valence-electron chi connectivity index (χ4n) is 9.97. The van der Waals surface area contributed by atoms with E-state index >= 15 is 0 Å². The summed E-state index contributed by atoms with van der Waals surface area (Å²) < 4.78 is 21.8. The predicted molar refractivity (Wildman–Crippen MR) is 381 cm³/mol. The highest BCUT2D eigenvalue weighted by molar-refractivity contribution is 6.01. The second-order valence-electron chi connectivity index (χ2n) is 26.7. The van der Waals surface area contributed by atoms with E-state index in [0.717, 1.165) is 131 Å². The van der Waals surface area contributed by atoms with Gasteiger partial charge in [-0.1, -0.05) is 179 Å². The second-order valence-corrected chi connectivity index (χ2v) is 26.7. The first kappa shape index (κ1) is 70.6. The molecule has 12 heteroatoms. The summed E-state index contributed by atoms with van der Waals surface area (Å²) in [4.78, 5) is 22.1. The third-order valence-corrected chi connectivity index (χ3v) is 18.1. The summed E-state index contributed by atoms with van der Waals surface area (Å²) >= 11 is 0. The second kappa shape index (κ2) is 34.5. The van der Waals surface area contributed by atoms with Crippen molar-refractivity contribution in [3.8, 4) is 11.5 Å². The van der Waals surface area contributed by atoms with Crippen LogP contribution < -0.4 is 20.1 Å². The maximum Gasteiger partial charge on any atom is 0.330 e. The molecule has 0 aliphatic rings. The van der Waals surface area contributed by atoms with Crippen LogP contribution in [-0.2, 0) is 44.0 Å². The highest BCUT2D eigenvalue weighted by Gasteiger charge is 2.34. The van der Waals surface area contributed by atoms with Crippen molar-refractivity contribution in [1.82, 2.24) is 0 Å². The van der Waals surface area contributed by atoms with Gasteiger partial charge in [0.15, 0.2) is 0 Å². The first-order chi connectivity index (χ1) is 44.1. The van der Waals surface area contributed by atoms with E-state index in [-0.39, 0.29) is 33.6 Å². The van der Waals surface area contributed by atoms with Crippen LogP contribution in [0.1, 0.15) is 149 Å². The van der Waals surface area contributed by atoms with Gasteiger partial charge in [-0.25, -0.2) is 9.59 Å². The number of rotatable bonds is 32. The first-order valence-corrected chi connectivity index (χ1v) is 32.7. The number of carbonyl (C=O) groups excluding carboxylic acids is 2. The molecule has 12 nitrogen and oxygen atoms in total. The number of fused-ring (bicyclic) bond motifs is 2. The number of carbonyl (C=O) groups is 2. The molecule has 0 saturated heterocycles.